The first-order chi connectivity index (χ1) is 16.0. The fraction of sp³-hybridized carbons (Fsp3) is 0.259. The van der Waals surface area contributed by atoms with Crippen LogP contribution < -0.4 is 15.0 Å². The molecule has 33 heavy (non-hydrogen) atoms. The second-order valence-corrected chi connectivity index (χ2v) is 8.35. The Kier molecular flexibility index (Phi) is 6.93. The number of carbonyl (C=O) groups is 2. The van der Waals surface area contributed by atoms with Gasteiger partial charge >= 0.3 is 0 Å². The molecule has 0 radical (unpaired) electrons. The van der Waals surface area contributed by atoms with Gasteiger partial charge < -0.3 is 19.9 Å². The lowest BCUT2D eigenvalue weighted by Crippen LogP contribution is -2.48. The average Bonchev–Trinajstić information content (AvgIpc) is 2.83. The van der Waals surface area contributed by atoms with E-state index >= 15 is 0 Å². The molecule has 1 N–H and O–H groups in total. The van der Waals surface area contributed by atoms with E-state index in [1.54, 1.807) is 0 Å². The van der Waals surface area contributed by atoms with Gasteiger partial charge in [-0.25, -0.2) is 0 Å². The van der Waals surface area contributed by atoms with Crippen molar-refractivity contribution in [3.05, 3.63) is 89.5 Å². The van der Waals surface area contributed by atoms with Crippen molar-refractivity contribution in [1.29, 1.82) is 0 Å². The summed E-state index contributed by atoms with van der Waals surface area (Å²) in [5.74, 6) is 0.564. The van der Waals surface area contributed by atoms with E-state index in [1.807, 2.05) is 91.5 Å². The molecule has 6 heteroatoms. The van der Waals surface area contributed by atoms with Crippen LogP contribution in [-0.4, -0.2) is 49.5 Å². The summed E-state index contributed by atoms with van der Waals surface area (Å²) >= 11 is 0. The number of nitrogens with zero attached hydrogens (tertiary/aromatic N) is 2. The first-order valence-corrected chi connectivity index (χ1v) is 11.2. The maximum Gasteiger partial charge on any atom is 0.262 e. The van der Waals surface area contributed by atoms with Gasteiger partial charge in [0, 0.05) is 43.1 Å². The first kappa shape index (κ1) is 22.4. The van der Waals surface area contributed by atoms with Crippen LogP contribution in [0, 0.1) is 13.8 Å². The lowest BCUT2D eigenvalue weighted by Gasteiger charge is -2.36. The molecule has 3 aromatic carbocycles. The van der Waals surface area contributed by atoms with Crippen molar-refractivity contribution < 1.29 is 14.3 Å². The SMILES string of the molecule is Cc1ccc(C(=O)N2CCN(c3ccc(NC(=O)COc4cccc(C)c4)cc3)CC2)cc1. The van der Waals surface area contributed by atoms with Gasteiger partial charge in [-0.15, -0.1) is 0 Å². The Hall–Kier alpha value is -3.80. The molecule has 0 aromatic heterocycles. The zero-order chi connectivity index (χ0) is 23.2. The van der Waals surface area contributed by atoms with Crippen molar-refractivity contribution >= 4 is 23.2 Å². The van der Waals surface area contributed by atoms with Gasteiger partial charge in [0.05, 0.1) is 0 Å². The van der Waals surface area contributed by atoms with Crippen LogP contribution in [0.4, 0.5) is 11.4 Å². The van der Waals surface area contributed by atoms with E-state index in [4.69, 9.17) is 4.74 Å². The van der Waals surface area contributed by atoms with E-state index in [2.05, 4.69) is 10.2 Å². The predicted molar refractivity (Wildman–Crippen MR) is 131 cm³/mol. The average molecular weight is 444 g/mol. The maximum atomic E-state index is 12.7. The number of hydrogen-bond acceptors (Lipinski definition) is 4. The van der Waals surface area contributed by atoms with E-state index < -0.39 is 0 Å². The van der Waals surface area contributed by atoms with Crippen LogP contribution in [0.15, 0.2) is 72.8 Å². The quantitative estimate of drug-likeness (QED) is 0.618. The molecule has 1 aliphatic heterocycles. The Morgan fingerprint density at radius 1 is 0.848 bits per heavy atom. The molecule has 6 nitrogen and oxygen atoms in total. The predicted octanol–water partition coefficient (Wildman–Crippen LogP) is 4.28. The molecule has 0 aliphatic carbocycles. The molecule has 0 atom stereocenters. The summed E-state index contributed by atoms with van der Waals surface area (Å²) in [5, 5.41) is 2.87. The van der Waals surface area contributed by atoms with E-state index in [1.165, 1.54) is 0 Å². The molecular weight excluding hydrogens is 414 g/mol. The monoisotopic (exact) mass is 443 g/mol. The molecule has 1 saturated heterocycles. The van der Waals surface area contributed by atoms with Crippen LogP contribution in [0.3, 0.4) is 0 Å². The number of piperazine rings is 1. The maximum absolute atomic E-state index is 12.7. The molecule has 1 heterocycles. The number of hydrogen-bond donors (Lipinski definition) is 1. The molecule has 0 saturated carbocycles. The minimum absolute atomic E-state index is 0.0395. The molecule has 0 spiro atoms. The van der Waals surface area contributed by atoms with Crippen molar-refractivity contribution in [3.8, 4) is 5.75 Å². The van der Waals surface area contributed by atoms with Crippen LogP contribution in [-0.2, 0) is 4.79 Å². The molecule has 1 fully saturated rings. The first-order valence-electron chi connectivity index (χ1n) is 11.2. The third kappa shape index (κ3) is 5.92. The highest BCUT2D eigenvalue weighted by atomic mass is 16.5. The fourth-order valence-corrected chi connectivity index (χ4v) is 3.85. The van der Waals surface area contributed by atoms with Gasteiger partial charge in [-0.2, -0.15) is 0 Å². The Bertz CT molecular complexity index is 1100. The lowest BCUT2D eigenvalue weighted by atomic mass is 10.1. The van der Waals surface area contributed by atoms with Crippen molar-refractivity contribution in [1.82, 2.24) is 4.90 Å². The standard InChI is InChI=1S/C27H29N3O3/c1-20-6-8-22(9-7-20)27(32)30-16-14-29(15-17-30)24-12-10-23(11-13-24)28-26(31)19-33-25-5-3-4-21(2)18-25/h3-13,18H,14-17,19H2,1-2H3,(H,28,31). The summed E-state index contributed by atoms with van der Waals surface area (Å²) in [5.41, 5.74) is 4.77. The van der Waals surface area contributed by atoms with E-state index in [9.17, 15) is 9.59 Å². The Labute approximate surface area is 194 Å². The highest BCUT2D eigenvalue weighted by molar-refractivity contribution is 5.94. The van der Waals surface area contributed by atoms with Gasteiger partial charge in [-0.05, 0) is 67.9 Å². The topological polar surface area (TPSA) is 61.9 Å². The van der Waals surface area contributed by atoms with Gasteiger partial charge in [-0.1, -0.05) is 29.8 Å². The number of amides is 2. The lowest BCUT2D eigenvalue weighted by molar-refractivity contribution is -0.118. The molecule has 4 rings (SSSR count). The number of aryl methyl sites for hydroxylation is 2. The van der Waals surface area contributed by atoms with Crippen LogP contribution in [0.25, 0.3) is 0 Å². The van der Waals surface area contributed by atoms with Crippen molar-refractivity contribution in [2.75, 3.05) is 43.0 Å². The minimum atomic E-state index is -0.201. The summed E-state index contributed by atoms with van der Waals surface area (Å²) in [6.07, 6.45) is 0. The van der Waals surface area contributed by atoms with Gasteiger partial charge in [-0.3, -0.25) is 9.59 Å². The Morgan fingerprint density at radius 2 is 1.55 bits per heavy atom. The third-order valence-corrected chi connectivity index (χ3v) is 5.74. The van der Waals surface area contributed by atoms with E-state index in [-0.39, 0.29) is 18.4 Å². The Morgan fingerprint density at radius 3 is 2.21 bits per heavy atom. The van der Waals surface area contributed by atoms with Crippen LogP contribution >= 0.6 is 0 Å². The number of ether oxygens (including phenoxy) is 1. The van der Waals surface area contributed by atoms with Crippen LogP contribution in [0.5, 0.6) is 5.75 Å². The number of carbonyl (C=O) groups excluding carboxylic acids is 2. The largest absolute Gasteiger partial charge is 0.484 e. The summed E-state index contributed by atoms with van der Waals surface area (Å²) in [6, 6.07) is 23.1. The molecule has 0 unspecified atom stereocenters. The molecule has 0 bridgehead atoms. The van der Waals surface area contributed by atoms with Gasteiger partial charge in [0.15, 0.2) is 6.61 Å². The van der Waals surface area contributed by atoms with Crippen LogP contribution in [0.2, 0.25) is 0 Å². The summed E-state index contributed by atoms with van der Waals surface area (Å²) in [4.78, 5) is 29.1. The molecule has 170 valence electrons. The van der Waals surface area contributed by atoms with Crippen LogP contribution in [0.1, 0.15) is 21.5 Å². The highest BCUT2D eigenvalue weighted by Crippen LogP contribution is 2.20. The molecule has 2 amide bonds. The van der Waals surface area contributed by atoms with Gasteiger partial charge in [0.1, 0.15) is 5.75 Å². The van der Waals surface area contributed by atoms with Crippen molar-refractivity contribution in [3.63, 3.8) is 0 Å². The second kappa shape index (κ2) is 10.2. The van der Waals surface area contributed by atoms with Gasteiger partial charge in [0.2, 0.25) is 0 Å². The number of anilines is 2. The number of nitrogens with one attached hydrogen (secondary N) is 1. The summed E-state index contributed by atoms with van der Waals surface area (Å²) in [6.45, 7) is 6.87. The smallest absolute Gasteiger partial charge is 0.262 e. The summed E-state index contributed by atoms with van der Waals surface area (Å²) < 4.78 is 5.55. The zero-order valence-electron chi connectivity index (χ0n) is 19.1. The van der Waals surface area contributed by atoms with E-state index in [0.717, 1.165) is 41.2 Å². The molecule has 3 aromatic rings. The summed E-state index contributed by atoms with van der Waals surface area (Å²) in [7, 11) is 0. The minimum Gasteiger partial charge on any atom is -0.484 e. The number of rotatable bonds is 6. The molecular formula is C27H29N3O3. The van der Waals surface area contributed by atoms with Crippen molar-refractivity contribution in [2.24, 2.45) is 0 Å². The van der Waals surface area contributed by atoms with Crippen molar-refractivity contribution in [2.45, 2.75) is 13.8 Å². The highest BCUT2D eigenvalue weighted by Gasteiger charge is 2.22. The van der Waals surface area contributed by atoms with E-state index in [0.29, 0.717) is 18.8 Å². The normalized spacial score (nSPS) is 13.5. The zero-order valence-corrected chi connectivity index (χ0v) is 19.1. The Balaban J connectivity index is 1.26. The van der Waals surface area contributed by atoms with Gasteiger partial charge in [0.25, 0.3) is 11.8 Å². The molecule has 1 aliphatic rings. The third-order valence-electron chi connectivity index (χ3n) is 5.74. The number of benzene rings is 3. The second-order valence-electron chi connectivity index (χ2n) is 8.35. The fourth-order valence-electron chi connectivity index (χ4n) is 3.85.